The summed E-state index contributed by atoms with van der Waals surface area (Å²) >= 11 is 0. The molecule has 0 N–H and O–H groups in total. The summed E-state index contributed by atoms with van der Waals surface area (Å²) < 4.78 is 6.57. The van der Waals surface area contributed by atoms with Crippen LogP contribution in [-0.4, -0.2) is 19.7 Å². The van der Waals surface area contributed by atoms with Gasteiger partial charge in [-0.1, -0.05) is 25.5 Å². The molecule has 1 saturated carbocycles. The summed E-state index contributed by atoms with van der Waals surface area (Å²) in [6.07, 6.45) is 4.24. The summed E-state index contributed by atoms with van der Waals surface area (Å²) in [5, 5.41) is 0. The van der Waals surface area contributed by atoms with Crippen molar-refractivity contribution >= 4 is 14.1 Å². The number of fused-ring (bicyclic) bond motifs is 2. The second-order valence-electron chi connectivity index (χ2n) is 8.17. The van der Waals surface area contributed by atoms with Gasteiger partial charge in [-0.2, -0.15) is 0 Å². The van der Waals surface area contributed by atoms with E-state index in [9.17, 15) is 4.79 Å². The lowest BCUT2D eigenvalue weighted by molar-refractivity contribution is -0.137. The molecule has 0 saturated heterocycles. The maximum atomic E-state index is 12.1. The highest BCUT2D eigenvalue weighted by atomic mass is 28.4. The number of Topliss-reactive ketones (excluding diaryl/α,β-unsaturated/α-hetero) is 1. The molecule has 0 heterocycles. The van der Waals surface area contributed by atoms with E-state index in [2.05, 4.69) is 46.5 Å². The van der Waals surface area contributed by atoms with Gasteiger partial charge >= 0.3 is 0 Å². The molecule has 19 heavy (non-hydrogen) atoms. The van der Waals surface area contributed by atoms with Crippen LogP contribution < -0.4 is 0 Å². The minimum Gasteiger partial charge on any atom is -0.408 e. The summed E-state index contributed by atoms with van der Waals surface area (Å²) in [4.78, 5) is 12.1. The van der Waals surface area contributed by atoms with Crippen LogP contribution >= 0.6 is 0 Å². The molecule has 108 valence electrons. The fourth-order valence-corrected chi connectivity index (χ4v) is 5.78. The van der Waals surface area contributed by atoms with Gasteiger partial charge in [0.05, 0.1) is 5.60 Å². The summed E-state index contributed by atoms with van der Waals surface area (Å²) in [6, 6.07) is 0. The average Bonchev–Trinajstić information content (AvgIpc) is 2.09. The standard InChI is InChI=1S/C16H28O2Si/c1-11-9-16(18-19(5,6)7)10-15(3,4)13(11)8-14(16)12(2)17/h9,13-14H,8,10H2,1-7H3/t13-,14+,16-/m0/s1. The first-order valence-electron chi connectivity index (χ1n) is 7.37. The summed E-state index contributed by atoms with van der Waals surface area (Å²) in [7, 11) is -1.69. The summed E-state index contributed by atoms with van der Waals surface area (Å²) in [6.45, 7) is 15.3. The van der Waals surface area contributed by atoms with E-state index in [1.54, 1.807) is 6.92 Å². The number of carbonyl (C=O) groups is 1. The van der Waals surface area contributed by atoms with Crippen LogP contribution in [0.1, 0.15) is 40.5 Å². The van der Waals surface area contributed by atoms with E-state index in [-0.39, 0.29) is 16.9 Å². The molecule has 0 unspecified atom stereocenters. The van der Waals surface area contributed by atoms with Crippen LogP contribution in [0.4, 0.5) is 0 Å². The Bertz CT molecular complexity index is 431. The number of hydrogen-bond donors (Lipinski definition) is 0. The van der Waals surface area contributed by atoms with Crippen molar-refractivity contribution in [1.82, 2.24) is 0 Å². The van der Waals surface area contributed by atoms with Crippen molar-refractivity contribution < 1.29 is 9.22 Å². The largest absolute Gasteiger partial charge is 0.408 e. The molecule has 3 aliphatic carbocycles. The number of hydrogen-bond acceptors (Lipinski definition) is 2. The third kappa shape index (κ3) is 2.59. The molecule has 3 heteroatoms. The Balaban J connectivity index is 2.49. The molecule has 0 aliphatic heterocycles. The maximum Gasteiger partial charge on any atom is 0.184 e. The lowest BCUT2D eigenvalue weighted by atomic mass is 9.52. The summed E-state index contributed by atoms with van der Waals surface area (Å²) in [5.74, 6) is 0.886. The minimum absolute atomic E-state index is 0.0564. The van der Waals surface area contributed by atoms with Crippen LogP contribution in [-0.2, 0) is 9.22 Å². The smallest absolute Gasteiger partial charge is 0.184 e. The maximum absolute atomic E-state index is 12.1. The van der Waals surface area contributed by atoms with E-state index < -0.39 is 8.32 Å². The van der Waals surface area contributed by atoms with Crippen LogP contribution in [0, 0.1) is 17.3 Å². The predicted octanol–water partition coefficient (Wildman–Crippen LogP) is 4.18. The molecular formula is C16H28O2Si. The van der Waals surface area contributed by atoms with Crippen molar-refractivity contribution in [1.29, 1.82) is 0 Å². The SMILES string of the molecule is CC(=O)[C@H]1C[C@H]2C(C)=C[C@]1(O[Si](C)(C)C)CC2(C)C. The number of allylic oxidation sites excluding steroid dienone is 1. The molecule has 0 radical (unpaired) electrons. The average molecular weight is 280 g/mol. The first-order valence-corrected chi connectivity index (χ1v) is 10.8. The Morgan fingerprint density at radius 3 is 2.37 bits per heavy atom. The van der Waals surface area contributed by atoms with Gasteiger partial charge in [0.1, 0.15) is 5.78 Å². The summed E-state index contributed by atoms with van der Waals surface area (Å²) in [5.41, 5.74) is 1.33. The molecule has 0 amide bonds. The zero-order valence-corrected chi connectivity index (χ0v) is 14.5. The van der Waals surface area contributed by atoms with Gasteiger partial charge in [-0.05, 0) is 57.7 Å². The van der Waals surface area contributed by atoms with E-state index in [0.717, 1.165) is 12.8 Å². The van der Waals surface area contributed by atoms with Gasteiger partial charge in [-0.25, -0.2) is 0 Å². The van der Waals surface area contributed by atoms with Crippen molar-refractivity contribution in [3.05, 3.63) is 11.6 Å². The second kappa shape index (κ2) is 4.29. The highest BCUT2D eigenvalue weighted by Crippen LogP contribution is 2.58. The van der Waals surface area contributed by atoms with Crippen molar-refractivity contribution in [2.75, 3.05) is 0 Å². The first kappa shape index (κ1) is 15.0. The highest BCUT2D eigenvalue weighted by molar-refractivity contribution is 6.69. The third-order valence-corrected chi connectivity index (χ3v) is 5.74. The zero-order valence-electron chi connectivity index (χ0n) is 13.5. The molecule has 3 atom stereocenters. The number of ketones is 1. The Kier molecular flexibility index (Phi) is 3.38. The zero-order chi connectivity index (χ0) is 14.6. The molecule has 0 aromatic carbocycles. The molecule has 1 fully saturated rings. The highest BCUT2D eigenvalue weighted by Gasteiger charge is 2.57. The topological polar surface area (TPSA) is 26.3 Å². The Hall–Kier alpha value is -0.413. The number of rotatable bonds is 3. The fourth-order valence-electron chi connectivity index (χ4n) is 4.37. The van der Waals surface area contributed by atoms with Crippen molar-refractivity contribution in [2.45, 2.75) is 65.8 Å². The Morgan fingerprint density at radius 1 is 1.37 bits per heavy atom. The first-order chi connectivity index (χ1) is 8.47. The van der Waals surface area contributed by atoms with Crippen LogP contribution in [0.3, 0.4) is 0 Å². The molecular weight excluding hydrogens is 252 g/mol. The molecule has 0 spiro atoms. The van der Waals surface area contributed by atoms with Gasteiger partial charge in [-0.15, -0.1) is 0 Å². The van der Waals surface area contributed by atoms with Crippen molar-refractivity contribution in [3.8, 4) is 0 Å². The number of carbonyl (C=O) groups excluding carboxylic acids is 1. The lowest BCUT2D eigenvalue weighted by Crippen LogP contribution is -2.59. The van der Waals surface area contributed by atoms with E-state index in [1.165, 1.54) is 5.57 Å². The van der Waals surface area contributed by atoms with Crippen molar-refractivity contribution in [3.63, 3.8) is 0 Å². The lowest BCUT2D eigenvalue weighted by Gasteiger charge is -2.58. The molecule has 0 aromatic rings. The minimum atomic E-state index is -1.69. The van der Waals surface area contributed by atoms with Gasteiger partial charge < -0.3 is 4.43 Å². The Morgan fingerprint density at radius 2 is 1.95 bits per heavy atom. The Labute approximate surface area is 118 Å². The normalized spacial score (nSPS) is 37.1. The van der Waals surface area contributed by atoms with Crippen molar-refractivity contribution in [2.24, 2.45) is 17.3 Å². The van der Waals surface area contributed by atoms with Crippen LogP contribution in [0.15, 0.2) is 11.6 Å². The molecule has 2 nitrogen and oxygen atoms in total. The van der Waals surface area contributed by atoms with Crippen LogP contribution in [0.2, 0.25) is 19.6 Å². The van der Waals surface area contributed by atoms with E-state index >= 15 is 0 Å². The van der Waals surface area contributed by atoms with E-state index in [0.29, 0.717) is 11.7 Å². The fraction of sp³-hybridized carbons (Fsp3) is 0.812. The third-order valence-electron chi connectivity index (χ3n) is 4.75. The molecule has 3 aliphatic rings. The van der Waals surface area contributed by atoms with Gasteiger partial charge in [0.2, 0.25) is 0 Å². The molecule has 0 aromatic heterocycles. The van der Waals surface area contributed by atoms with Gasteiger partial charge in [0, 0.05) is 5.92 Å². The van der Waals surface area contributed by atoms with E-state index in [4.69, 9.17) is 4.43 Å². The molecule has 2 bridgehead atoms. The quantitative estimate of drug-likeness (QED) is 0.572. The van der Waals surface area contributed by atoms with Gasteiger partial charge in [0.15, 0.2) is 8.32 Å². The van der Waals surface area contributed by atoms with Gasteiger partial charge in [0.25, 0.3) is 0 Å². The predicted molar refractivity (Wildman–Crippen MR) is 81.6 cm³/mol. The second-order valence-corrected chi connectivity index (χ2v) is 12.6. The van der Waals surface area contributed by atoms with Crippen LogP contribution in [0.25, 0.3) is 0 Å². The molecule has 3 rings (SSSR count). The monoisotopic (exact) mass is 280 g/mol. The van der Waals surface area contributed by atoms with E-state index in [1.807, 2.05) is 0 Å². The van der Waals surface area contributed by atoms with Crippen LogP contribution in [0.5, 0.6) is 0 Å². The van der Waals surface area contributed by atoms with Gasteiger partial charge in [-0.3, -0.25) is 4.79 Å².